The summed E-state index contributed by atoms with van der Waals surface area (Å²) in [6, 6.07) is 12.2. The zero-order chi connectivity index (χ0) is 22.7. The normalized spacial score (nSPS) is 11.1. The van der Waals surface area contributed by atoms with Crippen LogP contribution >= 0.6 is 11.8 Å². The lowest BCUT2D eigenvalue weighted by Crippen LogP contribution is -2.15. The van der Waals surface area contributed by atoms with Gasteiger partial charge in [-0.2, -0.15) is 0 Å². The number of nitrogens with zero attached hydrogens (tertiary/aromatic N) is 5. The number of nitrogens with one attached hydrogen (secondary N) is 1. The zero-order valence-corrected chi connectivity index (χ0v) is 18.3. The predicted molar refractivity (Wildman–Crippen MR) is 122 cm³/mol. The van der Waals surface area contributed by atoms with E-state index < -0.39 is 10.8 Å². The smallest absolute Gasteiger partial charge is 0.296 e. The molecular weight excluding hydrogens is 432 g/mol. The highest BCUT2D eigenvalue weighted by atomic mass is 32.2. The van der Waals surface area contributed by atoms with Gasteiger partial charge in [0, 0.05) is 11.9 Å². The second-order valence-corrected chi connectivity index (χ2v) is 7.85. The molecule has 0 unspecified atom stereocenters. The fraction of sp³-hybridized carbons (Fsp3) is 0.238. The summed E-state index contributed by atoms with van der Waals surface area (Å²) in [6.07, 6.45) is 0.934. The molecule has 1 amide bonds. The average Bonchev–Trinajstić information content (AvgIpc) is 3.11. The van der Waals surface area contributed by atoms with Gasteiger partial charge >= 0.3 is 0 Å². The molecule has 2 heterocycles. The number of methoxy groups -OCH3 is 1. The van der Waals surface area contributed by atoms with Crippen molar-refractivity contribution in [3.05, 3.63) is 52.6 Å². The summed E-state index contributed by atoms with van der Waals surface area (Å²) in [5.74, 6) is -0.106. The van der Waals surface area contributed by atoms with E-state index in [1.807, 2.05) is 24.3 Å². The Bertz CT molecular complexity index is 1320. The number of rotatable bonds is 8. The molecule has 2 aromatic heterocycles. The summed E-state index contributed by atoms with van der Waals surface area (Å²) in [5, 5.41) is 23.7. The highest BCUT2D eigenvalue weighted by Gasteiger charge is 2.18. The maximum atomic E-state index is 12.4. The standard InChI is InChI=1S/C21H20N6O4S/c1-3-10-26-16-7-5-4-6-14(16)19-20(26)23-21(25-24-19)32-12-18(28)22-15-9-8-13(31-2)11-17(15)27(29)30/h4-9,11H,3,10,12H2,1-2H3,(H,22,28). The van der Waals surface area contributed by atoms with Crippen molar-refractivity contribution >= 4 is 51.1 Å². The van der Waals surface area contributed by atoms with Crippen molar-refractivity contribution in [2.24, 2.45) is 0 Å². The van der Waals surface area contributed by atoms with Gasteiger partial charge in [0.15, 0.2) is 5.65 Å². The van der Waals surface area contributed by atoms with E-state index in [-0.39, 0.29) is 17.1 Å². The second kappa shape index (κ2) is 9.18. The third-order valence-corrected chi connectivity index (χ3v) is 5.65. The van der Waals surface area contributed by atoms with Crippen LogP contribution in [-0.4, -0.2) is 43.4 Å². The van der Waals surface area contributed by atoms with E-state index in [1.54, 1.807) is 6.07 Å². The van der Waals surface area contributed by atoms with Crippen LogP contribution in [0, 0.1) is 10.1 Å². The molecule has 164 valence electrons. The molecule has 0 saturated heterocycles. The number of aryl methyl sites for hydroxylation is 1. The Balaban J connectivity index is 1.53. The average molecular weight is 452 g/mol. The molecule has 10 nitrogen and oxygen atoms in total. The summed E-state index contributed by atoms with van der Waals surface area (Å²) in [5.41, 5.74) is 2.33. The number of carbonyl (C=O) groups is 1. The number of nitro groups is 1. The lowest BCUT2D eigenvalue weighted by atomic mass is 10.2. The zero-order valence-electron chi connectivity index (χ0n) is 17.4. The lowest BCUT2D eigenvalue weighted by molar-refractivity contribution is -0.384. The number of fused-ring (bicyclic) bond motifs is 3. The van der Waals surface area contributed by atoms with Crippen molar-refractivity contribution in [1.82, 2.24) is 19.7 Å². The Labute approximate surface area is 187 Å². The maximum absolute atomic E-state index is 12.4. The number of anilines is 1. The first-order valence-corrected chi connectivity index (χ1v) is 10.9. The number of carbonyl (C=O) groups excluding carboxylic acids is 1. The molecule has 2 aromatic carbocycles. The predicted octanol–water partition coefficient (Wildman–Crippen LogP) is 4.04. The number of hydrogen-bond acceptors (Lipinski definition) is 8. The summed E-state index contributed by atoms with van der Waals surface area (Å²) in [7, 11) is 1.42. The van der Waals surface area contributed by atoms with Crippen LogP contribution in [0.3, 0.4) is 0 Å². The molecule has 32 heavy (non-hydrogen) atoms. The van der Waals surface area contributed by atoms with Crippen LogP contribution in [0.25, 0.3) is 22.1 Å². The van der Waals surface area contributed by atoms with Gasteiger partial charge < -0.3 is 14.6 Å². The van der Waals surface area contributed by atoms with Crippen molar-refractivity contribution in [3.63, 3.8) is 0 Å². The van der Waals surface area contributed by atoms with E-state index in [0.717, 1.165) is 46.8 Å². The molecule has 11 heteroatoms. The second-order valence-electron chi connectivity index (χ2n) is 6.91. The van der Waals surface area contributed by atoms with Gasteiger partial charge in [-0.1, -0.05) is 36.9 Å². The number of thioether (sulfide) groups is 1. The van der Waals surface area contributed by atoms with Crippen LogP contribution in [0.15, 0.2) is 47.6 Å². The van der Waals surface area contributed by atoms with Crippen molar-refractivity contribution < 1.29 is 14.5 Å². The SMILES string of the molecule is CCCn1c2ccccc2c2nnc(SCC(=O)Nc3ccc(OC)cc3[N+](=O)[O-])nc21. The largest absolute Gasteiger partial charge is 0.496 e. The molecule has 0 saturated carbocycles. The molecule has 0 aliphatic heterocycles. The first-order chi connectivity index (χ1) is 15.5. The topological polar surface area (TPSA) is 125 Å². The Hall–Kier alpha value is -3.73. The minimum atomic E-state index is -0.571. The summed E-state index contributed by atoms with van der Waals surface area (Å²) in [6.45, 7) is 2.88. The molecule has 0 spiro atoms. The van der Waals surface area contributed by atoms with Gasteiger partial charge in [-0.05, 0) is 24.6 Å². The Kier molecular flexibility index (Phi) is 6.17. The quantitative estimate of drug-likeness (QED) is 0.241. The number of aromatic nitrogens is 4. The molecule has 0 fully saturated rings. The summed E-state index contributed by atoms with van der Waals surface area (Å²) < 4.78 is 7.11. The van der Waals surface area contributed by atoms with E-state index in [2.05, 4.69) is 32.0 Å². The first-order valence-electron chi connectivity index (χ1n) is 9.88. The minimum Gasteiger partial charge on any atom is -0.496 e. The van der Waals surface area contributed by atoms with Crippen molar-refractivity contribution in [2.75, 3.05) is 18.2 Å². The lowest BCUT2D eigenvalue weighted by Gasteiger charge is -2.07. The molecular formula is C21H20N6O4S. The van der Waals surface area contributed by atoms with Gasteiger partial charge in [-0.25, -0.2) is 4.98 Å². The molecule has 1 N–H and O–H groups in total. The Morgan fingerprint density at radius 3 is 2.81 bits per heavy atom. The molecule has 0 aliphatic carbocycles. The maximum Gasteiger partial charge on any atom is 0.296 e. The summed E-state index contributed by atoms with van der Waals surface area (Å²) >= 11 is 1.12. The van der Waals surface area contributed by atoms with Crippen LogP contribution in [0.5, 0.6) is 5.75 Å². The number of nitro benzene ring substituents is 1. The van der Waals surface area contributed by atoms with Gasteiger partial charge in [0.05, 0.1) is 29.4 Å². The van der Waals surface area contributed by atoms with E-state index in [4.69, 9.17) is 4.74 Å². The van der Waals surface area contributed by atoms with Crippen LogP contribution < -0.4 is 10.1 Å². The summed E-state index contributed by atoms with van der Waals surface area (Å²) in [4.78, 5) is 27.8. The van der Waals surface area contributed by atoms with Gasteiger partial charge in [-0.3, -0.25) is 14.9 Å². The van der Waals surface area contributed by atoms with Crippen LogP contribution in [0.4, 0.5) is 11.4 Å². The fourth-order valence-electron chi connectivity index (χ4n) is 3.41. The third-order valence-electron chi connectivity index (χ3n) is 4.81. The molecule has 0 atom stereocenters. The number of ether oxygens (including phenoxy) is 1. The van der Waals surface area contributed by atoms with E-state index >= 15 is 0 Å². The number of amides is 1. The van der Waals surface area contributed by atoms with E-state index in [0.29, 0.717) is 10.9 Å². The highest BCUT2D eigenvalue weighted by Crippen LogP contribution is 2.30. The highest BCUT2D eigenvalue weighted by molar-refractivity contribution is 7.99. The molecule has 0 aliphatic rings. The molecule has 0 bridgehead atoms. The minimum absolute atomic E-state index is 0.0234. The van der Waals surface area contributed by atoms with Crippen molar-refractivity contribution in [3.8, 4) is 5.75 Å². The molecule has 4 rings (SSSR count). The number of benzene rings is 2. The molecule has 4 aromatic rings. The van der Waals surface area contributed by atoms with Crippen molar-refractivity contribution in [1.29, 1.82) is 0 Å². The van der Waals surface area contributed by atoms with Crippen LogP contribution in [0.1, 0.15) is 13.3 Å². The third kappa shape index (κ3) is 4.19. The van der Waals surface area contributed by atoms with Gasteiger partial charge in [-0.15, -0.1) is 10.2 Å². The van der Waals surface area contributed by atoms with Gasteiger partial charge in [0.2, 0.25) is 11.1 Å². The van der Waals surface area contributed by atoms with Gasteiger partial charge in [0.1, 0.15) is 17.0 Å². The Morgan fingerprint density at radius 2 is 2.06 bits per heavy atom. The number of hydrogen-bond donors (Lipinski definition) is 1. The van der Waals surface area contributed by atoms with Crippen LogP contribution in [0.2, 0.25) is 0 Å². The monoisotopic (exact) mass is 452 g/mol. The fourth-order valence-corrected chi connectivity index (χ4v) is 3.99. The van der Waals surface area contributed by atoms with Gasteiger partial charge in [0.25, 0.3) is 5.69 Å². The van der Waals surface area contributed by atoms with Crippen molar-refractivity contribution in [2.45, 2.75) is 25.0 Å². The molecule has 0 radical (unpaired) electrons. The van der Waals surface area contributed by atoms with E-state index in [1.165, 1.54) is 19.2 Å². The number of para-hydroxylation sites is 1. The van der Waals surface area contributed by atoms with Crippen LogP contribution in [-0.2, 0) is 11.3 Å². The Morgan fingerprint density at radius 1 is 1.25 bits per heavy atom. The van der Waals surface area contributed by atoms with E-state index in [9.17, 15) is 14.9 Å². The first kappa shape index (κ1) is 21.5.